The van der Waals surface area contributed by atoms with E-state index in [1.807, 2.05) is 19.9 Å². The predicted octanol–water partition coefficient (Wildman–Crippen LogP) is 3.03. The molecule has 0 unspecified atom stereocenters. The molecule has 0 saturated carbocycles. The number of halogens is 1. The SMILES string of the molecule is CCOc1c(C)cc(Br)cc1C#N. The highest BCUT2D eigenvalue weighted by Gasteiger charge is 2.07. The molecule has 0 aromatic heterocycles. The molecular formula is C10H10BrNO. The van der Waals surface area contributed by atoms with Gasteiger partial charge in [-0.15, -0.1) is 0 Å². The Labute approximate surface area is 86.3 Å². The summed E-state index contributed by atoms with van der Waals surface area (Å²) in [5.41, 5.74) is 1.56. The summed E-state index contributed by atoms with van der Waals surface area (Å²) in [4.78, 5) is 0. The van der Waals surface area contributed by atoms with E-state index in [4.69, 9.17) is 10.00 Å². The average Bonchev–Trinajstić information content (AvgIpc) is 2.09. The fourth-order valence-electron chi connectivity index (χ4n) is 1.15. The number of ether oxygens (including phenoxy) is 1. The zero-order valence-electron chi connectivity index (χ0n) is 7.60. The van der Waals surface area contributed by atoms with Crippen LogP contribution in [0.4, 0.5) is 0 Å². The molecule has 68 valence electrons. The third-order valence-corrected chi connectivity index (χ3v) is 2.11. The van der Waals surface area contributed by atoms with Crippen LogP contribution in [-0.4, -0.2) is 6.61 Å². The molecular weight excluding hydrogens is 230 g/mol. The van der Waals surface area contributed by atoms with Gasteiger partial charge in [-0.2, -0.15) is 5.26 Å². The number of hydrogen-bond donors (Lipinski definition) is 0. The molecule has 0 atom stereocenters. The molecule has 0 fully saturated rings. The monoisotopic (exact) mass is 239 g/mol. The zero-order valence-corrected chi connectivity index (χ0v) is 9.18. The average molecular weight is 240 g/mol. The van der Waals surface area contributed by atoms with Crippen LogP contribution in [0, 0.1) is 18.3 Å². The standard InChI is InChI=1S/C10H10BrNO/c1-3-13-10-7(2)4-9(11)5-8(10)6-12/h4-5H,3H2,1-2H3. The maximum absolute atomic E-state index is 8.84. The minimum absolute atomic E-state index is 0.578. The normalized spacial score (nSPS) is 9.38. The van der Waals surface area contributed by atoms with E-state index in [0.29, 0.717) is 17.9 Å². The minimum atomic E-state index is 0.578. The van der Waals surface area contributed by atoms with Gasteiger partial charge >= 0.3 is 0 Å². The van der Waals surface area contributed by atoms with Crippen LogP contribution in [0.15, 0.2) is 16.6 Å². The number of rotatable bonds is 2. The fraction of sp³-hybridized carbons (Fsp3) is 0.300. The first kappa shape index (κ1) is 10.1. The van der Waals surface area contributed by atoms with Crippen molar-refractivity contribution in [3.63, 3.8) is 0 Å². The quantitative estimate of drug-likeness (QED) is 0.795. The van der Waals surface area contributed by atoms with Crippen LogP contribution < -0.4 is 4.74 Å². The van der Waals surface area contributed by atoms with Crippen LogP contribution in [0.25, 0.3) is 0 Å². The van der Waals surface area contributed by atoms with Crippen LogP contribution >= 0.6 is 15.9 Å². The maximum atomic E-state index is 8.84. The zero-order chi connectivity index (χ0) is 9.84. The largest absolute Gasteiger partial charge is 0.492 e. The number of nitriles is 1. The Morgan fingerprint density at radius 1 is 1.54 bits per heavy atom. The molecule has 0 aliphatic carbocycles. The number of aryl methyl sites for hydroxylation is 1. The molecule has 3 heteroatoms. The third-order valence-electron chi connectivity index (χ3n) is 1.65. The molecule has 0 spiro atoms. The Bertz CT molecular complexity index is 355. The molecule has 0 amide bonds. The molecule has 0 bridgehead atoms. The summed E-state index contributed by atoms with van der Waals surface area (Å²) in [6, 6.07) is 5.81. The Hall–Kier alpha value is -1.01. The molecule has 1 rings (SSSR count). The summed E-state index contributed by atoms with van der Waals surface area (Å²) in [5, 5.41) is 8.84. The molecule has 13 heavy (non-hydrogen) atoms. The summed E-state index contributed by atoms with van der Waals surface area (Å²) in [5.74, 6) is 0.688. The van der Waals surface area contributed by atoms with Crippen molar-refractivity contribution in [3.8, 4) is 11.8 Å². The van der Waals surface area contributed by atoms with E-state index >= 15 is 0 Å². The van der Waals surface area contributed by atoms with Gasteiger partial charge in [0, 0.05) is 4.47 Å². The molecule has 1 aromatic carbocycles. The highest BCUT2D eigenvalue weighted by atomic mass is 79.9. The summed E-state index contributed by atoms with van der Waals surface area (Å²) in [6.07, 6.45) is 0. The second-order valence-corrected chi connectivity index (χ2v) is 3.56. The Kier molecular flexibility index (Phi) is 3.32. The van der Waals surface area contributed by atoms with Gasteiger partial charge in [0.15, 0.2) is 0 Å². The van der Waals surface area contributed by atoms with E-state index in [9.17, 15) is 0 Å². The van der Waals surface area contributed by atoms with Gasteiger partial charge in [0.1, 0.15) is 11.8 Å². The molecule has 0 saturated heterocycles. The predicted molar refractivity (Wildman–Crippen MR) is 54.8 cm³/mol. The van der Waals surface area contributed by atoms with E-state index in [2.05, 4.69) is 22.0 Å². The van der Waals surface area contributed by atoms with Crippen molar-refractivity contribution in [1.82, 2.24) is 0 Å². The Morgan fingerprint density at radius 3 is 2.77 bits per heavy atom. The lowest BCUT2D eigenvalue weighted by atomic mass is 10.1. The van der Waals surface area contributed by atoms with Gasteiger partial charge in [-0.25, -0.2) is 0 Å². The highest BCUT2D eigenvalue weighted by molar-refractivity contribution is 9.10. The van der Waals surface area contributed by atoms with Gasteiger partial charge < -0.3 is 4.74 Å². The van der Waals surface area contributed by atoms with Crippen LogP contribution in [0.3, 0.4) is 0 Å². The third kappa shape index (κ3) is 2.22. The van der Waals surface area contributed by atoms with Crippen molar-refractivity contribution in [1.29, 1.82) is 5.26 Å². The van der Waals surface area contributed by atoms with E-state index < -0.39 is 0 Å². The minimum Gasteiger partial charge on any atom is -0.492 e. The smallest absolute Gasteiger partial charge is 0.140 e. The van der Waals surface area contributed by atoms with E-state index in [1.54, 1.807) is 6.07 Å². The molecule has 1 aromatic rings. The van der Waals surface area contributed by atoms with Crippen LogP contribution in [0.2, 0.25) is 0 Å². The maximum Gasteiger partial charge on any atom is 0.140 e. The van der Waals surface area contributed by atoms with E-state index in [-0.39, 0.29) is 0 Å². The summed E-state index contributed by atoms with van der Waals surface area (Å²) < 4.78 is 6.28. The lowest BCUT2D eigenvalue weighted by molar-refractivity contribution is 0.337. The summed E-state index contributed by atoms with van der Waals surface area (Å²) in [7, 11) is 0. The highest BCUT2D eigenvalue weighted by Crippen LogP contribution is 2.27. The van der Waals surface area contributed by atoms with Gasteiger partial charge in [0.05, 0.1) is 12.2 Å². The molecule has 0 N–H and O–H groups in total. The van der Waals surface area contributed by atoms with Crippen LogP contribution in [0.1, 0.15) is 18.1 Å². The molecule has 0 heterocycles. The van der Waals surface area contributed by atoms with Crippen molar-refractivity contribution in [2.75, 3.05) is 6.61 Å². The first-order valence-corrected chi connectivity index (χ1v) is 4.81. The molecule has 0 radical (unpaired) electrons. The summed E-state index contributed by atoms with van der Waals surface area (Å²) in [6.45, 7) is 4.41. The van der Waals surface area contributed by atoms with Crippen molar-refractivity contribution in [2.45, 2.75) is 13.8 Å². The van der Waals surface area contributed by atoms with Crippen molar-refractivity contribution in [3.05, 3.63) is 27.7 Å². The van der Waals surface area contributed by atoms with E-state index in [0.717, 1.165) is 10.0 Å². The fourth-order valence-corrected chi connectivity index (χ4v) is 1.72. The second-order valence-electron chi connectivity index (χ2n) is 2.64. The van der Waals surface area contributed by atoms with Gasteiger partial charge in [-0.3, -0.25) is 0 Å². The first-order valence-electron chi connectivity index (χ1n) is 4.02. The number of hydrogen-bond acceptors (Lipinski definition) is 2. The molecule has 2 nitrogen and oxygen atoms in total. The van der Waals surface area contributed by atoms with Crippen molar-refractivity contribution < 1.29 is 4.74 Å². The lowest BCUT2D eigenvalue weighted by Gasteiger charge is -2.08. The van der Waals surface area contributed by atoms with Gasteiger partial charge in [0.25, 0.3) is 0 Å². The number of benzene rings is 1. The van der Waals surface area contributed by atoms with Crippen molar-refractivity contribution in [2.24, 2.45) is 0 Å². The van der Waals surface area contributed by atoms with E-state index in [1.165, 1.54) is 0 Å². The Balaban J connectivity index is 3.23. The lowest BCUT2D eigenvalue weighted by Crippen LogP contribution is -1.97. The van der Waals surface area contributed by atoms with Crippen LogP contribution in [-0.2, 0) is 0 Å². The van der Waals surface area contributed by atoms with Gasteiger partial charge in [-0.05, 0) is 31.5 Å². The number of nitrogens with zero attached hydrogens (tertiary/aromatic N) is 1. The van der Waals surface area contributed by atoms with Crippen molar-refractivity contribution >= 4 is 15.9 Å². The van der Waals surface area contributed by atoms with Gasteiger partial charge in [0.2, 0.25) is 0 Å². The molecule has 0 aliphatic rings. The first-order chi connectivity index (χ1) is 6.19. The second kappa shape index (κ2) is 4.29. The van der Waals surface area contributed by atoms with Gasteiger partial charge in [-0.1, -0.05) is 15.9 Å². The Morgan fingerprint density at radius 2 is 2.23 bits per heavy atom. The summed E-state index contributed by atoms with van der Waals surface area (Å²) >= 11 is 3.33. The van der Waals surface area contributed by atoms with Crippen LogP contribution in [0.5, 0.6) is 5.75 Å². The molecule has 0 aliphatic heterocycles. The topological polar surface area (TPSA) is 33.0 Å².